The number of anilines is 4. The molecule has 3 aromatic carbocycles. The van der Waals surface area contributed by atoms with Crippen LogP contribution in [0.2, 0.25) is 0 Å². The van der Waals surface area contributed by atoms with E-state index in [2.05, 4.69) is 116 Å². The van der Waals surface area contributed by atoms with E-state index in [1.807, 2.05) is 0 Å². The lowest BCUT2D eigenvalue weighted by molar-refractivity contribution is 0.195. The normalized spacial score (nSPS) is 28.4. The second kappa shape index (κ2) is 7.43. The lowest BCUT2D eigenvalue weighted by Crippen LogP contribution is -2.62. The van der Waals surface area contributed by atoms with E-state index in [0.717, 1.165) is 12.8 Å². The Labute approximate surface area is 239 Å². The van der Waals surface area contributed by atoms with Gasteiger partial charge in [0.25, 0.3) is 0 Å². The fraction of sp³-hybridized carbons (Fsp3) is 0.351. The van der Waals surface area contributed by atoms with Gasteiger partial charge < -0.3 is 9.80 Å². The second-order valence-corrected chi connectivity index (χ2v) is 13.9. The van der Waals surface area contributed by atoms with E-state index in [9.17, 15) is 0 Å². The maximum atomic E-state index is 2.83. The van der Waals surface area contributed by atoms with Crippen molar-refractivity contribution in [3.05, 3.63) is 107 Å². The fourth-order valence-electron chi connectivity index (χ4n) is 9.92. The van der Waals surface area contributed by atoms with Crippen molar-refractivity contribution < 1.29 is 0 Å². The first kappa shape index (κ1) is 23.3. The monoisotopic (exact) mass is 520 g/mol. The van der Waals surface area contributed by atoms with Gasteiger partial charge in [-0.05, 0) is 78.9 Å². The first-order valence-corrected chi connectivity index (χ1v) is 15.4. The molecule has 6 aliphatic rings. The third-order valence-corrected chi connectivity index (χ3v) is 11.9. The summed E-state index contributed by atoms with van der Waals surface area (Å²) in [6, 6.07) is 25.6. The molecule has 2 atom stereocenters. The molecule has 2 unspecified atom stereocenters. The summed E-state index contributed by atoms with van der Waals surface area (Å²) >= 11 is 0. The van der Waals surface area contributed by atoms with Gasteiger partial charge in [0.2, 0.25) is 6.71 Å². The molecule has 1 saturated carbocycles. The number of hydrogen-bond donors (Lipinski definition) is 0. The maximum absolute atomic E-state index is 2.83. The Morgan fingerprint density at radius 2 is 1.57 bits per heavy atom. The van der Waals surface area contributed by atoms with Crippen LogP contribution < -0.4 is 20.7 Å². The molecule has 0 spiro atoms. The zero-order valence-electron chi connectivity index (χ0n) is 24.2. The quantitative estimate of drug-likeness (QED) is 0.300. The molecule has 0 amide bonds. The molecule has 3 heteroatoms. The molecule has 3 heterocycles. The predicted octanol–water partition coefficient (Wildman–Crippen LogP) is 7.98. The molecule has 3 aliphatic carbocycles. The van der Waals surface area contributed by atoms with Gasteiger partial charge >= 0.3 is 0 Å². The van der Waals surface area contributed by atoms with E-state index >= 15 is 0 Å². The molecule has 0 bridgehead atoms. The van der Waals surface area contributed by atoms with Crippen molar-refractivity contribution in [1.29, 1.82) is 0 Å². The van der Waals surface area contributed by atoms with Gasteiger partial charge in [0, 0.05) is 39.3 Å². The second-order valence-electron chi connectivity index (χ2n) is 13.9. The SMILES string of the molecule is CC1(C)C2=C(C=CCC2)C2=C1B1c3cccc4c3N(c3cccc(c31)N2c1ccccc1)C1(C)CCCCC41C. The Kier molecular flexibility index (Phi) is 4.32. The fourth-order valence-corrected chi connectivity index (χ4v) is 9.92. The van der Waals surface area contributed by atoms with Crippen molar-refractivity contribution in [2.24, 2.45) is 5.41 Å². The first-order chi connectivity index (χ1) is 19.4. The zero-order valence-corrected chi connectivity index (χ0v) is 24.2. The molecule has 9 rings (SSSR count). The van der Waals surface area contributed by atoms with Gasteiger partial charge in [-0.3, -0.25) is 0 Å². The highest BCUT2D eigenvalue weighted by Gasteiger charge is 2.62. The van der Waals surface area contributed by atoms with Crippen LogP contribution in [-0.2, 0) is 5.41 Å². The van der Waals surface area contributed by atoms with Crippen LogP contribution >= 0.6 is 0 Å². The smallest absolute Gasteiger partial charge is 0.248 e. The highest BCUT2D eigenvalue weighted by molar-refractivity contribution is 6.95. The van der Waals surface area contributed by atoms with Crippen molar-refractivity contribution >= 4 is 40.4 Å². The molecule has 198 valence electrons. The van der Waals surface area contributed by atoms with Crippen LogP contribution in [0, 0.1) is 5.41 Å². The Balaban J connectivity index is 1.42. The minimum absolute atomic E-state index is 0.00197. The van der Waals surface area contributed by atoms with Gasteiger partial charge in [-0.2, -0.15) is 0 Å². The van der Waals surface area contributed by atoms with Crippen LogP contribution in [0.5, 0.6) is 0 Å². The number of rotatable bonds is 1. The Bertz CT molecular complexity index is 1730. The number of hydrogen-bond acceptors (Lipinski definition) is 2. The van der Waals surface area contributed by atoms with Crippen molar-refractivity contribution in [1.82, 2.24) is 0 Å². The average molecular weight is 521 g/mol. The number of allylic oxidation sites excluding steroid dienone is 4. The Morgan fingerprint density at radius 1 is 0.800 bits per heavy atom. The molecule has 0 saturated heterocycles. The van der Waals surface area contributed by atoms with Crippen molar-refractivity contribution in [3.8, 4) is 0 Å². The van der Waals surface area contributed by atoms with E-state index in [-0.39, 0.29) is 23.1 Å². The summed E-state index contributed by atoms with van der Waals surface area (Å²) < 4.78 is 0. The standard InChI is InChI=1S/C37H37BN2/c1-35(2)26-17-9-8-16-25(26)32-34(35)38-28-19-12-18-27-33(28)40(37(4)23-11-10-22-36(27,37)3)30-21-13-20-29(31(30)38)39(32)24-14-6-5-7-15-24/h5-8,12-16,18-21H,9-11,17,22-23H2,1-4H3. The lowest BCUT2D eigenvalue weighted by Gasteiger charge is -2.53. The van der Waals surface area contributed by atoms with Gasteiger partial charge in [0.15, 0.2) is 0 Å². The number of nitrogens with zero attached hydrogens (tertiary/aromatic N) is 2. The topological polar surface area (TPSA) is 6.48 Å². The third kappa shape index (κ3) is 2.47. The zero-order chi connectivity index (χ0) is 27.0. The molecule has 1 fully saturated rings. The van der Waals surface area contributed by atoms with Crippen LogP contribution in [0.4, 0.5) is 22.7 Å². The van der Waals surface area contributed by atoms with E-state index < -0.39 is 0 Å². The summed E-state index contributed by atoms with van der Waals surface area (Å²) in [5, 5.41) is 0. The van der Waals surface area contributed by atoms with Crippen molar-refractivity contribution in [2.75, 3.05) is 9.80 Å². The summed E-state index contributed by atoms with van der Waals surface area (Å²) in [6.45, 7) is 10.4. The molecule has 2 nitrogen and oxygen atoms in total. The maximum Gasteiger partial charge on any atom is 0.248 e. The molecule has 3 aliphatic heterocycles. The highest BCUT2D eigenvalue weighted by Crippen LogP contribution is 2.63. The summed E-state index contributed by atoms with van der Waals surface area (Å²) in [6.07, 6.45) is 12.3. The van der Waals surface area contributed by atoms with E-state index in [1.54, 1.807) is 16.6 Å². The van der Waals surface area contributed by atoms with Crippen LogP contribution in [0.15, 0.2) is 101 Å². The van der Waals surface area contributed by atoms with Gasteiger partial charge in [-0.1, -0.05) is 99.3 Å². The molecule has 0 N–H and O–H groups in total. The van der Waals surface area contributed by atoms with E-state index in [0.29, 0.717) is 0 Å². The molecule has 0 aromatic heterocycles. The minimum Gasteiger partial charge on any atom is -0.335 e. The van der Waals surface area contributed by atoms with Gasteiger partial charge in [-0.25, -0.2) is 0 Å². The van der Waals surface area contributed by atoms with Crippen LogP contribution in [0.1, 0.15) is 71.8 Å². The van der Waals surface area contributed by atoms with Crippen molar-refractivity contribution in [2.45, 2.75) is 77.2 Å². The minimum atomic E-state index is 0.00197. The molecular weight excluding hydrogens is 483 g/mol. The largest absolute Gasteiger partial charge is 0.335 e. The third-order valence-electron chi connectivity index (χ3n) is 11.9. The first-order valence-electron chi connectivity index (χ1n) is 15.4. The lowest BCUT2D eigenvalue weighted by atomic mass is 9.30. The molecular formula is C37H37BN2. The summed E-state index contributed by atoms with van der Waals surface area (Å²) in [5.74, 6) is 0. The molecule has 40 heavy (non-hydrogen) atoms. The predicted molar refractivity (Wildman–Crippen MR) is 169 cm³/mol. The summed E-state index contributed by atoms with van der Waals surface area (Å²) in [4.78, 5) is 5.45. The van der Waals surface area contributed by atoms with Crippen molar-refractivity contribution in [3.63, 3.8) is 0 Å². The number of benzene rings is 3. The molecule has 3 aromatic rings. The number of para-hydroxylation sites is 2. The van der Waals surface area contributed by atoms with E-state index in [1.165, 1.54) is 70.6 Å². The molecule has 0 radical (unpaired) electrons. The Hall–Kier alpha value is -3.46. The summed E-state index contributed by atoms with van der Waals surface area (Å²) in [7, 11) is 0. The van der Waals surface area contributed by atoms with Crippen LogP contribution in [0.25, 0.3) is 0 Å². The Morgan fingerprint density at radius 3 is 2.42 bits per heavy atom. The van der Waals surface area contributed by atoms with Gasteiger partial charge in [0.05, 0.1) is 5.54 Å². The van der Waals surface area contributed by atoms with Gasteiger partial charge in [0.1, 0.15) is 0 Å². The highest BCUT2D eigenvalue weighted by atomic mass is 15.3. The van der Waals surface area contributed by atoms with Crippen LogP contribution in [0.3, 0.4) is 0 Å². The van der Waals surface area contributed by atoms with Crippen LogP contribution in [-0.4, -0.2) is 12.3 Å². The van der Waals surface area contributed by atoms with E-state index in [4.69, 9.17) is 0 Å². The summed E-state index contributed by atoms with van der Waals surface area (Å²) in [5.41, 5.74) is 16.6. The number of fused-ring (bicyclic) bond motifs is 7. The van der Waals surface area contributed by atoms with Gasteiger partial charge in [-0.15, -0.1) is 0 Å². The average Bonchev–Trinajstić information content (AvgIpc) is 3.34.